The van der Waals surface area contributed by atoms with Crippen LogP contribution in [0, 0.1) is 23.5 Å². The van der Waals surface area contributed by atoms with Gasteiger partial charge in [0.1, 0.15) is 17.7 Å². The Bertz CT molecular complexity index is 1290. The maximum absolute atomic E-state index is 14.9. The van der Waals surface area contributed by atoms with Crippen molar-refractivity contribution in [2.45, 2.75) is 82.7 Å². The molecule has 2 fully saturated rings. The molecule has 0 bridgehead atoms. The Morgan fingerprint density at radius 1 is 0.889 bits per heavy atom. The molecule has 2 aliphatic rings. The summed E-state index contributed by atoms with van der Waals surface area (Å²) in [6, 6.07) is 5.58. The van der Waals surface area contributed by atoms with Gasteiger partial charge in [-0.05, 0) is 69.2 Å². The van der Waals surface area contributed by atoms with E-state index in [2.05, 4.69) is 16.1 Å². The Morgan fingerprint density at radius 3 is 2.22 bits per heavy atom. The number of unbranched alkanes of at least 4 members (excludes halogenated alkanes) is 3. The molecule has 6 nitrogen and oxygen atoms in total. The number of hydrogen-bond acceptors (Lipinski definition) is 6. The number of alkyl halides is 5. The van der Waals surface area contributed by atoms with E-state index in [-0.39, 0.29) is 37.2 Å². The fraction of sp³-hybridized carbons (Fsp3) is 0.531. The minimum atomic E-state index is -5.15. The second-order valence-corrected chi connectivity index (χ2v) is 11.2. The summed E-state index contributed by atoms with van der Waals surface area (Å²) in [5, 5.41) is 0. The predicted molar refractivity (Wildman–Crippen MR) is 148 cm³/mol. The van der Waals surface area contributed by atoms with Gasteiger partial charge in [0.25, 0.3) is 0 Å². The van der Waals surface area contributed by atoms with Crippen LogP contribution < -0.4 is 9.47 Å². The highest BCUT2D eigenvalue weighted by Gasteiger charge is 2.45. The van der Waals surface area contributed by atoms with Crippen LogP contribution in [-0.2, 0) is 14.2 Å². The quantitative estimate of drug-likeness (QED) is 0.0935. The first-order chi connectivity index (χ1) is 21.3. The third-order valence-corrected chi connectivity index (χ3v) is 7.78. The number of halogens is 7. The van der Waals surface area contributed by atoms with Crippen molar-refractivity contribution in [2.24, 2.45) is 11.8 Å². The van der Waals surface area contributed by atoms with Crippen LogP contribution in [0.3, 0.4) is 0 Å². The van der Waals surface area contributed by atoms with Crippen molar-refractivity contribution in [1.82, 2.24) is 0 Å². The lowest BCUT2D eigenvalue weighted by Crippen LogP contribution is -2.38. The predicted octanol–water partition coefficient (Wildman–Crippen LogP) is 9.05. The first-order valence-corrected chi connectivity index (χ1v) is 14.8. The summed E-state index contributed by atoms with van der Waals surface area (Å²) in [5.41, 5.74) is 0.0985. The van der Waals surface area contributed by atoms with Crippen LogP contribution >= 0.6 is 0 Å². The van der Waals surface area contributed by atoms with Gasteiger partial charge in [0.05, 0.1) is 24.7 Å². The molecule has 1 saturated carbocycles. The fourth-order valence-corrected chi connectivity index (χ4v) is 5.37. The van der Waals surface area contributed by atoms with E-state index in [1.54, 1.807) is 0 Å². The van der Waals surface area contributed by atoms with Crippen LogP contribution in [0.5, 0.6) is 11.5 Å². The summed E-state index contributed by atoms with van der Waals surface area (Å²) < 4.78 is 120. The second-order valence-electron chi connectivity index (χ2n) is 11.2. The summed E-state index contributed by atoms with van der Waals surface area (Å²) in [5.74, 6) is -6.25. The van der Waals surface area contributed by atoms with Crippen molar-refractivity contribution < 1.29 is 59.2 Å². The standard InChI is InChI=1S/C32H35F7O6/c1-2-3-4-5-6-7-20-18-41-30(42-19-20)21-8-14-25(26(33)16-21)29(40)43-23-11-9-22(10-12-23)31(35,36)44-24-13-15-28(27(34)17-24)45-32(37,38)39/h2,8,13-17,20,22-23,30H,1,3-7,9-12,18-19H2. The van der Waals surface area contributed by atoms with Crippen molar-refractivity contribution >= 4 is 5.97 Å². The molecule has 248 valence electrons. The van der Waals surface area contributed by atoms with Crippen molar-refractivity contribution in [3.63, 3.8) is 0 Å². The van der Waals surface area contributed by atoms with Crippen molar-refractivity contribution in [2.75, 3.05) is 13.2 Å². The summed E-state index contributed by atoms with van der Waals surface area (Å²) >= 11 is 0. The molecule has 0 radical (unpaired) electrons. The first-order valence-electron chi connectivity index (χ1n) is 14.8. The van der Waals surface area contributed by atoms with Crippen LogP contribution in [0.15, 0.2) is 49.1 Å². The number of benzene rings is 2. The van der Waals surface area contributed by atoms with E-state index in [0.29, 0.717) is 30.9 Å². The summed E-state index contributed by atoms with van der Waals surface area (Å²) in [6.45, 7) is 4.67. The molecule has 0 spiro atoms. The molecule has 0 N–H and O–H groups in total. The van der Waals surface area contributed by atoms with Crippen molar-refractivity contribution in [3.8, 4) is 11.5 Å². The molecule has 1 saturated heterocycles. The number of hydrogen-bond donors (Lipinski definition) is 0. The van der Waals surface area contributed by atoms with E-state index in [0.717, 1.165) is 44.2 Å². The van der Waals surface area contributed by atoms with E-state index in [1.807, 2.05) is 6.08 Å². The zero-order valence-corrected chi connectivity index (χ0v) is 24.4. The molecule has 0 atom stereocenters. The molecule has 1 aliphatic carbocycles. The lowest BCUT2D eigenvalue weighted by molar-refractivity contribution is -0.275. The molecule has 1 aliphatic heterocycles. The molecule has 4 rings (SSSR count). The lowest BCUT2D eigenvalue weighted by atomic mass is 9.86. The Hall–Kier alpha value is -3.32. The highest BCUT2D eigenvalue weighted by molar-refractivity contribution is 5.89. The molecule has 0 unspecified atom stereocenters. The smallest absolute Gasteiger partial charge is 0.459 e. The zero-order valence-electron chi connectivity index (χ0n) is 24.4. The third kappa shape index (κ3) is 10.1. The average Bonchev–Trinajstić information content (AvgIpc) is 2.98. The molecule has 13 heteroatoms. The van der Waals surface area contributed by atoms with E-state index < -0.39 is 59.9 Å². The number of rotatable bonds is 13. The number of carbonyl (C=O) groups excluding carboxylic acids is 1. The zero-order chi connectivity index (χ0) is 32.6. The molecular formula is C32H35F7O6. The van der Waals surface area contributed by atoms with Crippen LogP contribution in [0.2, 0.25) is 0 Å². The molecule has 2 aromatic carbocycles. The Labute approximate surface area is 256 Å². The first kappa shape index (κ1) is 34.6. The number of allylic oxidation sites excluding steroid dienone is 1. The number of ether oxygens (including phenoxy) is 5. The largest absolute Gasteiger partial charge is 0.573 e. The van der Waals surface area contributed by atoms with Gasteiger partial charge in [-0.3, -0.25) is 0 Å². The summed E-state index contributed by atoms with van der Waals surface area (Å²) in [6.07, 6.45) is -3.57. The minimum Gasteiger partial charge on any atom is -0.459 e. The molecular weight excluding hydrogens is 613 g/mol. The van der Waals surface area contributed by atoms with Crippen LogP contribution in [0.4, 0.5) is 30.7 Å². The van der Waals surface area contributed by atoms with Gasteiger partial charge >= 0.3 is 18.4 Å². The SMILES string of the molecule is C=CCCCCCC1COC(c2ccc(C(=O)OC3CCC(C(F)(F)Oc4ccc(OC(F)(F)F)c(F)c4)CC3)c(F)c2)OC1. The van der Waals surface area contributed by atoms with Crippen molar-refractivity contribution in [1.29, 1.82) is 0 Å². The highest BCUT2D eigenvalue weighted by atomic mass is 19.4. The van der Waals surface area contributed by atoms with Crippen molar-refractivity contribution in [3.05, 3.63) is 71.8 Å². The molecule has 45 heavy (non-hydrogen) atoms. The fourth-order valence-electron chi connectivity index (χ4n) is 5.37. The summed E-state index contributed by atoms with van der Waals surface area (Å²) in [7, 11) is 0. The van der Waals surface area contributed by atoms with Gasteiger partial charge in [0, 0.05) is 17.5 Å². The average molecular weight is 649 g/mol. The molecule has 0 aromatic heterocycles. The van der Waals surface area contributed by atoms with Crippen LogP contribution in [-0.4, -0.2) is 37.8 Å². The van der Waals surface area contributed by atoms with E-state index >= 15 is 0 Å². The van der Waals surface area contributed by atoms with Gasteiger partial charge in [-0.2, -0.15) is 8.78 Å². The molecule has 0 amide bonds. The van der Waals surface area contributed by atoms with Gasteiger partial charge in [0.15, 0.2) is 17.9 Å². The third-order valence-electron chi connectivity index (χ3n) is 7.78. The molecule has 1 heterocycles. The summed E-state index contributed by atoms with van der Waals surface area (Å²) in [4.78, 5) is 12.7. The van der Waals surface area contributed by atoms with Gasteiger partial charge in [-0.15, -0.1) is 19.8 Å². The van der Waals surface area contributed by atoms with Gasteiger partial charge < -0.3 is 23.7 Å². The monoisotopic (exact) mass is 648 g/mol. The highest BCUT2D eigenvalue weighted by Crippen LogP contribution is 2.40. The van der Waals surface area contributed by atoms with E-state index in [1.165, 1.54) is 12.1 Å². The lowest BCUT2D eigenvalue weighted by Gasteiger charge is -2.33. The Balaban J connectivity index is 1.23. The van der Waals surface area contributed by atoms with Gasteiger partial charge in [-0.1, -0.05) is 25.0 Å². The second kappa shape index (κ2) is 15.3. The molecule has 2 aromatic rings. The number of esters is 1. The van der Waals surface area contributed by atoms with E-state index in [9.17, 15) is 35.5 Å². The van der Waals surface area contributed by atoms with Gasteiger partial charge in [-0.25, -0.2) is 13.6 Å². The number of carbonyl (C=O) groups is 1. The van der Waals surface area contributed by atoms with Crippen LogP contribution in [0.25, 0.3) is 0 Å². The Kier molecular flexibility index (Phi) is 11.8. The van der Waals surface area contributed by atoms with Gasteiger partial charge in [0.2, 0.25) is 0 Å². The topological polar surface area (TPSA) is 63.2 Å². The Morgan fingerprint density at radius 2 is 1.60 bits per heavy atom. The minimum absolute atomic E-state index is 0.0287. The normalized spacial score (nSPS) is 22.5. The maximum Gasteiger partial charge on any atom is 0.573 e. The maximum atomic E-state index is 14.9. The van der Waals surface area contributed by atoms with E-state index in [4.69, 9.17) is 14.2 Å². The van der Waals surface area contributed by atoms with Crippen LogP contribution in [0.1, 0.15) is 80.0 Å².